The van der Waals surface area contributed by atoms with Crippen LogP contribution in [-0.4, -0.2) is 48.2 Å². The molecule has 130 valence electrons. The SMILES string of the molecule is CC(C)(C)OC(=O)N1CCC(N2C(=O)COc3cc(Cl)ccc32)C1. The molecule has 2 aliphatic rings. The Labute approximate surface area is 146 Å². The van der Waals surface area contributed by atoms with Gasteiger partial charge in [0.2, 0.25) is 0 Å². The predicted octanol–water partition coefficient (Wildman–Crippen LogP) is 3.07. The maximum atomic E-state index is 12.4. The molecule has 6 nitrogen and oxygen atoms in total. The number of nitrogens with zero attached hydrogens (tertiary/aromatic N) is 2. The van der Waals surface area contributed by atoms with Crippen molar-refractivity contribution in [2.24, 2.45) is 0 Å². The van der Waals surface area contributed by atoms with Crippen molar-refractivity contribution in [2.45, 2.75) is 38.8 Å². The Kier molecular flexibility index (Phi) is 4.34. The molecule has 2 heterocycles. The number of carbonyl (C=O) groups excluding carboxylic acids is 2. The lowest BCUT2D eigenvalue weighted by Gasteiger charge is -2.34. The molecule has 3 rings (SSSR count). The van der Waals surface area contributed by atoms with Gasteiger partial charge in [0.1, 0.15) is 11.4 Å². The number of amides is 2. The van der Waals surface area contributed by atoms with Gasteiger partial charge in [0.25, 0.3) is 5.91 Å². The molecule has 0 aromatic heterocycles. The highest BCUT2D eigenvalue weighted by atomic mass is 35.5. The average molecular weight is 353 g/mol. The maximum Gasteiger partial charge on any atom is 0.410 e. The average Bonchev–Trinajstić information content (AvgIpc) is 2.95. The molecule has 0 spiro atoms. The van der Waals surface area contributed by atoms with Crippen LogP contribution in [0.15, 0.2) is 18.2 Å². The largest absolute Gasteiger partial charge is 0.482 e. The van der Waals surface area contributed by atoms with Crippen molar-refractivity contribution in [2.75, 3.05) is 24.6 Å². The van der Waals surface area contributed by atoms with Gasteiger partial charge in [-0.2, -0.15) is 0 Å². The molecule has 7 heteroatoms. The Morgan fingerprint density at radius 3 is 2.83 bits per heavy atom. The number of carbonyl (C=O) groups is 2. The molecule has 1 aromatic rings. The molecule has 0 radical (unpaired) electrons. The fourth-order valence-electron chi connectivity index (χ4n) is 2.99. The van der Waals surface area contributed by atoms with E-state index in [1.54, 1.807) is 28.0 Å². The molecule has 24 heavy (non-hydrogen) atoms. The Bertz CT molecular complexity index is 671. The van der Waals surface area contributed by atoms with E-state index in [-0.39, 0.29) is 24.6 Å². The van der Waals surface area contributed by atoms with Gasteiger partial charge in [-0.25, -0.2) is 4.79 Å². The van der Waals surface area contributed by atoms with Crippen LogP contribution in [0.1, 0.15) is 27.2 Å². The topological polar surface area (TPSA) is 59.1 Å². The molecule has 2 amide bonds. The molecule has 1 fully saturated rings. The third-order valence-electron chi connectivity index (χ3n) is 3.98. The molecule has 0 N–H and O–H groups in total. The van der Waals surface area contributed by atoms with Gasteiger partial charge in [-0.3, -0.25) is 4.79 Å². The summed E-state index contributed by atoms with van der Waals surface area (Å²) in [6.45, 7) is 6.50. The van der Waals surface area contributed by atoms with Crippen molar-refractivity contribution in [3.63, 3.8) is 0 Å². The van der Waals surface area contributed by atoms with E-state index in [0.717, 1.165) is 0 Å². The first-order valence-corrected chi connectivity index (χ1v) is 8.35. The van der Waals surface area contributed by atoms with Crippen molar-refractivity contribution in [3.8, 4) is 5.75 Å². The monoisotopic (exact) mass is 352 g/mol. The summed E-state index contributed by atoms with van der Waals surface area (Å²) in [6, 6.07) is 5.13. The van der Waals surface area contributed by atoms with E-state index in [0.29, 0.717) is 36.0 Å². The third kappa shape index (κ3) is 3.43. The minimum atomic E-state index is -0.534. The molecule has 1 unspecified atom stereocenters. The highest BCUT2D eigenvalue weighted by Crippen LogP contribution is 2.37. The van der Waals surface area contributed by atoms with Gasteiger partial charge in [-0.15, -0.1) is 0 Å². The highest BCUT2D eigenvalue weighted by molar-refractivity contribution is 6.30. The number of hydrogen-bond acceptors (Lipinski definition) is 4. The van der Waals surface area contributed by atoms with Gasteiger partial charge in [0, 0.05) is 24.2 Å². The van der Waals surface area contributed by atoms with Crippen LogP contribution < -0.4 is 9.64 Å². The molecule has 1 atom stereocenters. The first-order valence-electron chi connectivity index (χ1n) is 7.97. The number of fused-ring (bicyclic) bond motifs is 1. The summed E-state index contributed by atoms with van der Waals surface area (Å²) in [6.07, 6.45) is 0.356. The first kappa shape index (κ1) is 16.9. The molecule has 0 saturated carbocycles. The van der Waals surface area contributed by atoms with E-state index in [1.807, 2.05) is 20.8 Å². The normalized spacial score (nSPS) is 20.7. The molecular weight excluding hydrogens is 332 g/mol. The van der Waals surface area contributed by atoms with E-state index in [1.165, 1.54) is 0 Å². The number of likely N-dealkylation sites (tertiary alicyclic amines) is 1. The number of ether oxygens (including phenoxy) is 2. The number of halogens is 1. The summed E-state index contributed by atoms with van der Waals surface area (Å²) in [7, 11) is 0. The van der Waals surface area contributed by atoms with Gasteiger partial charge < -0.3 is 19.3 Å². The van der Waals surface area contributed by atoms with Crippen molar-refractivity contribution in [1.82, 2.24) is 4.90 Å². The summed E-state index contributed by atoms with van der Waals surface area (Å²) in [4.78, 5) is 28.0. The lowest BCUT2D eigenvalue weighted by atomic mass is 10.1. The van der Waals surface area contributed by atoms with Crippen LogP contribution in [0.2, 0.25) is 5.02 Å². The molecule has 2 aliphatic heterocycles. The van der Waals surface area contributed by atoms with Gasteiger partial charge in [-0.05, 0) is 39.3 Å². The van der Waals surface area contributed by atoms with E-state index < -0.39 is 5.60 Å². The standard InChI is InChI=1S/C17H21ClN2O4/c1-17(2,3)24-16(22)19-7-6-12(9-19)20-13-5-4-11(18)8-14(13)23-10-15(20)21/h4-5,8,12H,6-7,9-10H2,1-3H3. The second-order valence-electron chi connectivity index (χ2n) is 7.03. The fourth-order valence-corrected chi connectivity index (χ4v) is 3.15. The molecule has 0 aliphatic carbocycles. The summed E-state index contributed by atoms with van der Waals surface area (Å²) in [5.41, 5.74) is 0.166. The van der Waals surface area contributed by atoms with E-state index >= 15 is 0 Å². The van der Waals surface area contributed by atoms with Crippen LogP contribution in [0.5, 0.6) is 5.75 Å². The van der Waals surface area contributed by atoms with Gasteiger partial charge in [0.05, 0.1) is 11.7 Å². The molecule has 1 aromatic carbocycles. The van der Waals surface area contributed by atoms with Crippen LogP contribution in [0, 0.1) is 0 Å². The Morgan fingerprint density at radius 1 is 1.38 bits per heavy atom. The van der Waals surface area contributed by atoms with E-state index in [2.05, 4.69) is 0 Å². The van der Waals surface area contributed by atoms with Crippen molar-refractivity contribution >= 4 is 29.3 Å². The smallest absolute Gasteiger partial charge is 0.410 e. The van der Waals surface area contributed by atoms with Crippen LogP contribution in [-0.2, 0) is 9.53 Å². The lowest BCUT2D eigenvalue weighted by molar-refractivity contribution is -0.121. The maximum absolute atomic E-state index is 12.4. The summed E-state index contributed by atoms with van der Waals surface area (Å²) in [5.74, 6) is 0.485. The third-order valence-corrected chi connectivity index (χ3v) is 4.22. The van der Waals surface area contributed by atoms with Gasteiger partial charge >= 0.3 is 6.09 Å². The Hall–Kier alpha value is -1.95. The van der Waals surface area contributed by atoms with Crippen LogP contribution in [0.4, 0.5) is 10.5 Å². The second-order valence-corrected chi connectivity index (χ2v) is 7.47. The van der Waals surface area contributed by atoms with Crippen LogP contribution >= 0.6 is 11.6 Å². The number of benzene rings is 1. The molecule has 0 bridgehead atoms. The van der Waals surface area contributed by atoms with Crippen LogP contribution in [0.3, 0.4) is 0 Å². The zero-order valence-electron chi connectivity index (χ0n) is 14.0. The summed E-state index contributed by atoms with van der Waals surface area (Å²) in [5, 5.41) is 0.560. The lowest BCUT2D eigenvalue weighted by Crippen LogP contribution is -2.47. The van der Waals surface area contributed by atoms with Gasteiger partial charge in [0.15, 0.2) is 6.61 Å². The minimum Gasteiger partial charge on any atom is -0.482 e. The van der Waals surface area contributed by atoms with E-state index in [9.17, 15) is 9.59 Å². The van der Waals surface area contributed by atoms with Crippen molar-refractivity contribution in [1.29, 1.82) is 0 Å². The number of hydrogen-bond donors (Lipinski definition) is 0. The molecular formula is C17H21ClN2O4. The van der Waals surface area contributed by atoms with Crippen molar-refractivity contribution < 1.29 is 19.1 Å². The quantitative estimate of drug-likeness (QED) is 0.779. The second kappa shape index (κ2) is 6.16. The number of rotatable bonds is 1. The van der Waals surface area contributed by atoms with Gasteiger partial charge in [-0.1, -0.05) is 11.6 Å². The number of anilines is 1. The predicted molar refractivity (Wildman–Crippen MR) is 90.6 cm³/mol. The molecule has 1 saturated heterocycles. The fraction of sp³-hybridized carbons (Fsp3) is 0.529. The minimum absolute atomic E-state index is 0.0176. The summed E-state index contributed by atoms with van der Waals surface area (Å²) >= 11 is 5.99. The van der Waals surface area contributed by atoms with Crippen LogP contribution in [0.25, 0.3) is 0 Å². The highest BCUT2D eigenvalue weighted by Gasteiger charge is 2.38. The van der Waals surface area contributed by atoms with Crippen molar-refractivity contribution in [3.05, 3.63) is 23.2 Å². The summed E-state index contributed by atoms with van der Waals surface area (Å²) < 4.78 is 10.9. The zero-order chi connectivity index (χ0) is 17.5. The van der Waals surface area contributed by atoms with E-state index in [4.69, 9.17) is 21.1 Å². The Balaban J connectivity index is 1.76. The Morgan fingerprint density at radius 2 is 2.12 bits per heavy atom. The zero-order valence-corrected chi connectivity index (χ0v) is 14.8. The first-order chi connectivity index (χ1) is 11.2.